The molecule has 1 aromatic heterocycles. The first-order chi connectivity index (χ1) is 7.92. The Kier molecular flexibility index (Phi) is 2.82. The Bertz CT molecular complexity index is 340. The number of oxazole rings is 1. The zero-order valence-electron chi connectivity index (χ0n) is 9.61. The van der Waals surface area contributed by atoms with E-state index in [0.29, 0.717) is 0 Å². The van der Waals surface area contributed by atoms with Crippen molar-refractivity contribution in [3.8, 4) is 0 Å². The van der Waals surface area contributed by atoms with Crippen LogP contribution in [0.4, 0.5) is 6.01 Å². The van der Waals surface area contributed by atoms with Crippen LogP contribution in [0, 0.1) is 0 Å². The molecule has 0 spiro atoms. The minimum Gasteiger partial charge on any atom is -0.432 e. The smallest absolute Gasteiger partial charge is 0.297 e. The molecule has 0 radical (unpaired) electrons. The third kappa shape index (κ3) is 2.38. The lowest BCUT2D eigenvalue weighted by atomic mass is 10.1. The molecule has 1 saturated carbocycles. The summed E-state index contributed by atoms with van der Waals surface area (Å²) in [7, 11) is 0. The summed E-state index contributed by atoms with van der Waals surface area (Å²) in [5, 5.41) is 3.45. The van der Waals surface area contributed by atoms with Crippen molar-refractivity contribution < 1.29 is 4.42 Å². The molecule has 0 atom stereocenters. The lowest BCUT2D eigenvalue weighted by molar-refractivity contribution is 0.491. The predicted octanol–water partition coefficient (Wildman–Crippen LogP) is 1.92. The van der Waals surface area contributed by atoms with Gasteiger partial charge >= 0.3 is 0 Å². The molecule has 2 aliphatic rings. The van der Waals surface area contributed by atoms with Gasteiger partial charge in [0.15, 0.2) is 0 Å². The van der Waals surface area contributed by atoms with Crippen molar-refractivity contribution in [2.24, 2.45) is 0 Å². The fraction of sp³-hybridized carbons (Fsp3) is 0.750. The highest BCUT2D eigenvalue weighted by molar-refractivity contribution is 5.27. The molecule has 1 saturated heterocycles. The van der Waals surface area contributed by atoms with E-state index in [-0.39, 0.29) is 0 Å². The van der Waals surface area contributed by atoms with Gasteiger partial charge < -0.3 is 14.6 Å². The second-order valence-electron chi connectivity index (χ2n) is 4.82. The van der Waals surface area contributed by atoms with E-state index in [0.717, 1.165) is 37.4 Å². The zero-order chi connectivity index (χ0) is 10.8. The number of nitrogens with one attached hydrogen (secondary N) is 1. The van der Waals surface area contributed by atoms with Crippen molar-refractivity contribution in [1.82, 2.24) is 10.3 Å². The third-order valence-corrected chi connectivity index (χ3v) is 3.32. The average molecular weight is 221 g/mol. The van der Waals surface area contributed by atoms with Gasteiger partial charge in [0.25, 0.3) is 6.01 Å². The van der Waals surface area contributed by atoms with Gasteiger partial charge in [-0.2, -0.15) is 4.98 Å². The summed E-state index contributed by atoms with van der Waals surface area (Å²) < 4.78 is 5.53. The molecule has 16 heavy (non-hydrogen) atoms. The largest absolute Gasteiger partial charge is 0.432 e. The van der Waals surface area contributed by atoms with E-state index < -0.39 is 0 Å². The molecule has 2 heterocycles. The van der Waals surface area contributed by atoms with Crippen molar-refractivity contribution in [3.63, 3.8) is 0 Å². The van der Waals surface area contributed by atoms with Gasteiger partial charge in [-0.3, -0.25) is 0 Å². The van der Waals surface area contributed by atoms with Crippen molar-refractivity contribution in [3.05, 3.63) is 12.0 Å². The number of hydrogen-bond donors (Lipinski definition) is 1. The van der Waals surface area contributed by atoms with Crippen LogP contribution in [-0.4, -0.2) is 24.1 Å². The quantitative estimate of drug-likeness (QED) is 0.843. The SMILES string of the molecule is c1oc(N2CCCCC2)nc1CNC1CC1. The number of hydrogen-bond acceptors (Lipinski definition) is 4. The molecule has 0 aromatic carbocycles. The Balaban J connectivity index is 1.57. The zero-order valence-corrected chi connectivity index (χ0v) is 9.61. The average Bonchev–Trinajstić information content (AvgIpc) is 3.05. The van der Waals surface area contributed by atoms with E-state index >= 15 is 0 Å². The molecule has 2 fully saturated rings. The van der Waals surface area contributed by atoms with E-state index in [4.69, 9.17) is 4.42 Å². The molecular formula is C12H19N3O. The minimum absolute atomic E-state index is 0.732. The molecule has 1 N–H and O–H groups in total. The van der Waals surface area contributed by atoms with E-state index in [1.54, 1.807) is 6.26 Å². The molecule has 88 valence electrons. The van der Waals surface area contributed by atoms with Crippen LogP contribution in [0.3, 0.4) is 0 Å². The topological polar surface area (TPSA) is 41.3 Å². The van der Waals surface area contributed by atoms with Gasteiger partial charge in [-0.05, 0) is 32.1 Å². The molecule has 1 aliphatic carbocycles. The van der Waals surface area contributed by atoms with Crippen molar-refractivity contribution >= 4 is 6.01 Å². The van der Waals surface area contributed by atoms with E-state index in [9.17, 15) is 0 Å². The molecule has 1 aromatic rings. The Labute approximate surface area is 96.0 Å². The standard InChI is InChI=1S/C12H19N3O/c1-2-6-15(7-3-1)12-14-11(9-16-12)8-13-10-4-5-10/h9-10,13H,1-8H2. The summed E-state index contributed by atoms with van der Waals surface area (Å²) in [6.07, 6.45) is 8.29. The van der Waals surface area contributed by atoms with Crippen molar-refractivity contribution in [2.45, 2.75) is 44.7 Å². The van der Waals surface area contributed by atoms with Crippen LogP contribution in [0.2, 0.25) is 0 Å². The first-order valence-corrected chi connectivity index (χ1v) is 6.34. The van der Waals surface area contributed by atoms with Gasteiger partial charge in [-0.15, -0.1) is 0 Å². The fourth-order valence-corrected chi connectivity index (χ4v) is 2.14. The monoisotopic (exact) mass is 221 g/mol. The lowest BCUT2D eigenvalue weighted by Crippen LogP contribution is -2.29. The van der Waals surface area contributed by atoms with Crippen LogP contribution in [0.15, 0.2) is 10.7 Å². The van der Waals surface area contributed by atoms with Crippen molar-refractivity contribution in [2.75, 3.05) is 18.0 Å². The molecule has 1 aliphatic heterocycles. The third-order valence-electron chi connectivity index (χ3n) is 3.32. The highest BCUT2D eigenvalue weighted by Gasteiger charge is 2.21. The molecule has 4 nitrogen and oxygen atoms in total. The minimum atomic E-state index is 0.732. The van der Waals surface area contributed by atoms with Crippen LogP contribution in [0.25, 0.3) is 0 Å². The summed E-state index contributed by atoms with van der Waals surface area (Å²) in [5.74, 6) is 0. The first-order valence-electron chi connectivity index (χ1n) is 6.34. The van der Waals surface area contributed by atoms with Gasteiger partial charge in [0, 0.05) is 25.7 Å². The molecule has 3 rings (SSSR count). The Hall–Kier alpha value is -1.03. The van der Waals surface area contributed by atoms with Gasteiger partial charge in [-0.1, -0.05) is 0 Å². The van der Waals surface area contributed by atoms with E-state index in [1.807, 2.05) is 0 Å². The second kappa shape index (κ2) is 4.45. The Morgan fingerprint density at radius 2 is 2.12 bits per heavy atom. The van der Waals surface area contributed by atoms with Gasteiger partial charge in [-0.25, -0.2) is 0 Å². The van der Waals surface area contributed by atoms with Crippen molar-refractivity contribution in [1.29, 1.82) is 0 Å². The first kappa shape index (κ1) is 10.1. The molecule has 0 bridgehead atoms. The van der Waals surface area contributed by atoms with Crippen LogP contribution in [0.1, 0.15) is 37.8 Å². The highest BCUT2D eigenvalue weighted by atomic mass is 16.4. The lowest BCUT2D eigenvalue weighted by Gasteiger charge is -2.24. The number of piperidine rings is 1. The maximum absolute atomic E-state index is 5.53. The van der Waals surface area contributed by atoms with E-state index in [1.165, 1.54) is 32.1 Å². The summed E-state index contributed by atoms with van der Waals surface area (Å²) in [6.45, 7) is 3.04. The summed E-state index contributed by atoms with van der Waals surface area (Å²) in [4.78, 5) is 6.78. The fourth-order valence-electron chi connectivity index (χ4n) is 2.14. The Morgan fingerprint density at radius 3 is 2.88 bits per heavy atom. The second-order valence-corrected chi connectivity index (χ2v) is 4.82. The number of rotatable bonds is 4. The van der Waals surface area contributed by atoms with Gasteiger partial charge in [0.2, 0.25) is 0 Å². The maximum Gasteiger partial charge on any atom is 0.297 e. The Morgan fingerprint density at radius 1 is 1.31 bits per heavy atom. The number of aromatic nitrogens is 1. The summed E-state index contributed by atoms with van der Waals surface area (Å²) >= 11 is 0. The van der Waals surface area contributed by atoms with E-state index in [2.05, 4.69) is 15.2 Å². The van der Waals surface area contributed by atoms with Crippen LogP contribution in [-0.2, 0) is 6.54 Å². The van der Waals surface area contributed by atoms with Crippen LogP contribution < -0.4 is 10.2 Å². The normalized spacial score (nSPS) is 21.4. The summed E-state index contributed by atoms with van der Waals surface area (Å²) in [5.41, 5.74) is 1.03. The molecule has 0 amide bonds. The highest BCUT2D eigenvalue weighted by Crippen LogP contribution is 2.21. The maximum atomic E-state index is 5.53. The number of anilines is 1. The predicted molar refractivity (Wildman–Crippen MR) is 62.4 cm³/mol. The number of nitrogens with zero attached hydrogens (tertiary/aromatic N) is 2. The van der Waals surface area contributed by atoms with Crippen LogP contribution in [0.5, 0.6) is 0 Å². The molecule has 4 heteroatoms. The van der Waals surface area contributed by atoms with Crippen LogP contribution >= 0.6 is 0 Å². The van der Waals surface area contributed by atoms with Gasteiger partial charge in [0.1, 0.15) is 6.26 Å². The van der Waals surface area contributed by atoms with Gasteiger partial charge in [0.05, 0.1) is 5.69 Å². The summed E-state index contributed by atoms with van der Waals surface area (Å²) in [6, 6.07) is 1.54. The molecule has 0 unspecified atom stereocenters. The molecular weight excluding hydrogens is 202 g/mol.